The van der Waals surface area contributed by atoms with Gasteiger partial charge in [0.25, 0.3) is 0 Å². The molecular weight excluding hydrogens is 273 g/mol. The van der Waals surface area contributed by atoms with Gasteiger partial charge in [-0.25, -0.2) is 0 Å². The molecule has 0 saturated heterocycles. The molecular formula is C13H23F3N2O2. The van der Waals surface area contributed by atoms with Gasteiger partial charge >= 0.3 is 12.1 Å². The van der Waals surface area contributed by atoms with Crippen molar-refractivity contribution in [3.8, 4) is 0 Å². The van der Waals surface area contributed by atoms with Gasteiger partial charge in [0.05, 0.1) is 6.54 Å². The molecule has 1 saturated carbocycles. The van der Waals surface area contributed by atoms with Crippen molar-refractivity contribution in [1.82, 2.24) is 4.90 Å². The van der Waals surface area contributed by atoms with Gasteiger partial charge in [-0.05, 0) is 45.6 Å². The van der Waals surface area contributed by atoms with Crippen LogP contribution in [0.1, 0.15) is 39.5 Å². The molecule has 3 N–H and O–H groups in total. The molecule has 0 bridgehead atoms. The van der Waals surface area contributed by atoms with Crippen LogP contribution in [0.2, 0.25) is 0 Å². The van der Waals surface area contributed by atoms with Crippen LogP contribution in [-0.2, 0) is 4.79 Å². The minimum atomic E-state index is -4.24. The number of rotatable bonds is 6. The molecule has 1 rings (SSSR count). The van der Waals surface area contributed by atoms with Crippen LogP contribution < -0.4 is 5.73 Å². The maximum Gasteiger partial charge on any atom is 0.401 e. The summed E-state index contributed by atoms with van der Waals surface area (Å²) < 4.78 is 37.5. The van der Waals surface area contributed by atoms with Crippen molar-refractivity contribution in [2.24, 2.45) is 11.7 Å². The van der Waals surface area contributed by atoms with Crippen molar-refractivity contribution in [2.45, 2.75) is 57.3 Å². The number of hydrogen-bond donors (Lipinski definition) is 2. The summed E-state index contributed by atoms with van der Waals surface area (Å²) in [5.74, 6) is -1.30. The van der Waals surface area contributed by atoms with E-state index >= 15 is 0 Å². The average molecular weight is 296 g/mol. The second-order valence-corrected chi connectivity index (χ2v) is 5.90. The Morgan fingerprint density at radius 1 is 1.50 bits per heavy atom. The van der Waals surface area contributed by atoms with Crippen LogP contribution in [0, 0.1) is 5.92 Å². The first-order valence-corrected chi connectivity index (χ1v) is 6.89. The number of halogens is 3. The molecule has 0 amide bonds. The summed E-state index contributed by atoms with van der Waals surface area (Å²) in [5.41, 5.74) is 4.62. The third-order valence-electron chi connectivity index (χ3n) is 4.15. The van der Waals surface area contributed by atoms with E-state index in [-0.39, 0.29) is 18.5 Å². The molecule has 4 nitrogen and oxygen atoms in total. The van der Waals surface area contributed by atoms with E-state index in [2.05, 4.69) is 0 Å². The molecule has 20 heavy (non-hydrogen) atoms. The minimum absolute atomic E-state index is 0.216. The maximum atomic E-state index is 12.5. The summed E-state index contributed by atoms with van der Waals surface area (Å²) >= 11 is 0. The summed E-state index contributed by atoms with van der Waals surface area (Å²) in [7, 11) is 0. The average Bonchev–Trinajstić information content (AvgIpc) is 2.65. The van der Waals surface area contributed by atoms with Crippen LogP contribution in [0.25, 0.3) is 0 Å². The highest BCUT2D eigenvalue weighted by Crippen LogP contribution is 2.36. The minimum Gasteiger partial charge on any atom is -0.480 e. The lowest BCUT2D eigenvalue weighted by Crippen LogP contribution is -2.52. The molecule has 0 aliphatic heterocycles. The number of alkyl halides is 3. The van der Waals surface area contributed by atoms with Gasteiger partial charge in [0, 0.05) is 6.04 Å². The number of aliphatic carboxylic acids is 1. The van der Waals surface area contributed by atoms with E-state index in [9.17, 15) is 23.1 Å². The van der Waals surface area contributed by atoms with Crippen molar-refractivity contribution in [2.75, 3.05) is 13.1 Å². The van der Waals surface area contributed by atoms with Crippen LogP contribution in [-0.4, -0.2) is 46.8 Å². The number of nitrogens with zero attached hydrogens (tertiary/aromatic N) is 1. The van der Waals surface area contributed by atoms with Crippen molar-refractivity contribution in [1.29, 1.82) is 0 Å². The zero-order chi connectivity index (χ0) is 15.6. The fourth-order valence-corrected chi connectivity index (χ4v) is 2.86. The van der Waals surface area contributed by atoms with Gasteiger partial charge in [0.15, 0.2) is 0 Å². The normalized spacial score (nSPS) is 27.5. The Kier molecular flexibility index (Phi) is 5.43. The smallest absolute Gasteiger partial charge is 0.401 e. The van der Waals surface area contributed by atoms with Gasteiger partial charge in [-0.2, -0.15) is 13.2 Å². The van der Waals surface area contributed by atoms with Crippen molar-refractivity contribution >= 4 is 5.97 Å². The number of nitrogens with two attached hydrogens (primary N) is 1. The first-order valence-electron chi connectivity index (χ1n) is 6.89. The Balaban J connectivity index is 2.61. The predicted molar refractivity (Wildman–Crippen MR) is 69.3 cm³/mol. The standard InChI is InChI=1S/C13H23F3N2O2/c1-9(2)18(8-13(14,15)16)7-5-10-4-3-6-12(10,17)11(19)20/h9-10H,3-8,17H2,1-2H3,(H,19,20). The second kappa shape index (κ2) is 6.30. The van der Waals surface area contributed by atoms with Crippen molar-refractivity contribution in [3.63, 3.8) is 0 Å². The largest absolute Gasteiger partial charge is 0.480 e. The monoisotopic (exact) mass is 296 g/mol. The zero-order valence-corrected chi connectivity index (χ0v) is 11.9. The van der Waals surface area contributed by atoms with Gasteiger partial charge in [-0.1, -0.05) is 6.42 Å². The van der Waals surface area contributed by atoms with E-state index in [0.717, 1.165) is 0 Å². The number of carbonyl (C=O) groups is 1. The molecule has 0 aromatic heterocycles. The maximum absolute atomic E-state index is 12.5. The molecule has 0 spiro atoms. The van der Waals surface area contributed by atoms with Crippen LogP contribution >= 0.6 is 0 Å². The van der Waals surface area contributed by atoms with E-state index < -0.39 is 24.2 Å². The molecule has 0 aromatic carbocycles. The molecule has 2 unspecified atom stereocenters. The molecule has 0 aromatic rings. The van der Waals surface area contributed by atoms with E-state index in [1.807, 2.05) is 0 Å². The Hall–Kier alpha value is -0.820. The van der Waals surface area contributed by atoms with Crippen LogP contribution in [0.3, 0.4) is 0 Å². The predicted octanol–water partition coefficient (Wildman–Crippen LogP) is 2.23. The van der Waals surface area contributed by atoms with E-state index in [1.165, 1.54) is 4.90 Å². The number of hydrogen-bond acceptors (Lipinski definition) is 3. The quantitative estimate of drug-likeness (QED) is 0.789. The van der Waals surface area contributed by atoms with Crippen LogP contribution in [0.4, 0.5) is 13.2 Å². The SMILES string of the molecule is CC(C)N(CCC1CCCC1(N)C(=O)O)CC(F)(F)F. The second-order valence-electron chi connectivity index (χ2n) is 5.90. The van der Waals surface area contributed by atoms with Gasteiger partial charge in [-0.3, -0.25) is 9.69 Å². The summed E-state index contributed by atoms with van der Waals surface area (Å²) in [6, 6.07) is -0.241. The molecule has 118 valence electrons. The highest BCUT2D eigenvalue weighted by Gasteiger charge is 2.45. The molecule has 1 fully saturated rings. The fourth-order valence-electron chi connectivity index (χ4n) is 2.86. The summed E-state index contributed by atoms with van der Waals surface area (Å²) in [5, 5.41) is 9.19. The Labute approximate surface area is 117 Å². The van der Waals surface area contributed by atoms with Crippen molar-refractivity contribution in [3.05, 3.63) is 0 Å². The first kappa shape index (κ1) is 17.2. The van der Waals surface area contributed by atoms with Gasteiger partial charge in [-0.15, -0.1) is 0 Å². The van der Waals surface area contributed by atoms with E-state index in [0.29, 0.717) is 25.7 Å². The van der Waals surface area contributed by atoms with Gasteiger partial charge in [0.2, 0.25) is 0 Å². The third-order valence-corrected chi connectivity index (χ3v) is 4.15. The topological polar surface area (TPSA) is 66.6 Å². The van der Waals surface area contributed by atoms with E-state index in [4.69, 9.17) is 5.73 Å². The molecule has 1 aliphatic rings. The fraction of sp³-hybridized carbons (Fsp3) is 0.923. The zero-order valence-electron chi connectivity index (χ0n) is 11.9. The molecule has 2 atom stereocenters. The van der Waals surface area contributed by atoms with Crippen LogP contribution in [0.15, 0.2) is 0 Å². The molecule has 7 heteroatoms. The summed E-state index contributed by atoms with van der Waals surface area (Å²) in [6.45, 7) is 2.65. The van der Waals surface area contributed by atoms with E-state index in [1.54, 1.807) is 13.8 Å². The van der Waals surface area contributed by atoms with Crippen molar-refractivity contribution < 1.29 is 23.1 Å². The number of carboxylic acid groups (broad SMARTS) is 1. The lowest BCUT2D eigenvalue weighted by atomic mass is 9.85. The highest BCUT2D eigenvalue weighted by atomic mass is 19.4. The number of carboxylic acids is 1. The summed E-state index contributed by atoms with van der Waals surface area (Å²) in [4.78, 5) is 12.5. The summed E-state index contributed by atoms with van der Waals surface area (Å²) in [6.07, 6.45) is -2.08. The Morgan fingerprint density at radius 2 is 2.10 bits per heavy atom. The van der Waals surface area contributed by atoms with Gasteiger partial charge in [0.1, 0.15) is 5.54 Å². The Morgan fingerprint density at radius 3 is 2.55 bits per heavy atom. The van der Waals surface area contributed by atoms with Gasteiger partial charge < -0.3 is 10.8 Å². The Bertz CT molecular complexity index is 347. The molecule has 1 aliphatic carbocycles. The first-order chi connectivity index (χ1) is 9.06. The molecule has 0 radical (unpaired) electrons. The van der Waals surface area contributed by atoms with Crippen LogP contribution in [0.5, 0.6) is 0 Å². The molecule has 0 heterocycles. The third kappa shape index (κ3) is 4.34. The highest BCUT2D eigenvalue weighted by molar-refractivity contribution is 5.79. The lowest BCUT2D eigenvalue weighted by molar-refractivity contribution is -0.151. The lowest BCUT2D eigenvalue weighted by Gasteiger charge is -2.32.